The van der Waals surface area contributed by atoms with Crippen molar-refractivity contribution >= 4 is 0 Å². The van der Waals surface area contributed by atoms with E-state index in [0.29, 0.717) is 0 Å². The van der Waals surface area contributed by atoms with E-state index in [1.54, 1.807) is 0 Å². The fourth-order valence-electron chi connectivity index (χ4n) is 1.61. The molecule has 0 aromatic carbocycles. The van der Waals surface area contributed by atoms with E-state index in [2.05, 4.69) is 39.9 Å². The molecule has 0 spiro atoms. The summed E-state index contributed by atoms with van der Waals surface area (Å²) >= 11 is 0. The van der Waals surface area contributed by atoms with Crippen molar-refractivity contribution in [2.75, 3.05) is 13.2 Å². The lowest BCUT2D eigenvalue weighted by Gasteiger charge is -2.35. The maximum absolute atomic E-state index is 9.17. The zero-order valence-electron chi connectivity index (χ0n) is 10.5. The average Bonchev–Trinajstić information content (AvgIpc) is 2.21. The number of aliphatic hydroxyl groups excluding tert-OH is 1. The van der Waals surface area contributed by atoms with Gasteiger partial charge < -0.3 is 10.4 Å². The topological polar surface area (TPSA) is 32.3 Å². The van der Waals surface area contributed by atoms with E-state index in [-0.39, 0.29) is 17.6 Å². The monoisotopic (exact) mass is 201 g/mol. The first kappa shape index (κ1) is 13.9. The van der Waals surface area contributed by atoms with Crippen LogP contribution in [-0.4, -0.2) is 23.8 Å². The molecule has 0 saturated carbocycles. The fraction of sp³-hybridized carbons (Fsp3) is 1.00. The molecule has 2 N–H and O–H groups in total. The van der Waals surface area contributed by atoms with Crippen LogP contribution in [0.25, 0.3) is 0 Å². The molecular formula is C12H27NO. The van der Waals surface area contributed by atoms with E-state index >= 15 is 0 Å². The molecule has 0 rings (SSSR count). The largest absolute Gasteiger partial charge is 0.396 e. The van der Waals surface area contributed by atoms with Gasteiger partial charge in [-0.3, -0.25) is 0 Å². The minimum Gasteiger partial charge on any atom is -0.396 e. The molecule has 0 amide bonds. The third-order valence-corrected chi connectivity index (χ3v) is 3.40. The Morgan fingerprint density at radius 1 is 1.00 bits per heavy atom. The van der Waals surface area contributed by atoms with Crippen molar-refractivity contribution in [1.82, 2.24) is 5.32 Å². The highest BCUT2D eigenvalue weighted by Crippen LogP contribution is 2.21. The van der Waals surface area contributed by atoms with Crippen molar-refractivity contribution in [2.24, 2.45) is 5.41 Å². The zero-order chi connectivity index (χ0) is 11.2. The Kier molecular flexibility index (Phi) is 5.68. The molecule has 0 bridgehead atoms. The minimum absolute atomic E-state index is 0.00917. The van der Waals surface area contributed by atoms with Crippen LogP contribution in [0.1, 0.15) is 53.9 Å². The van der Waals surface area contributed by atoms with Crippen LogP contribution < -0.4 is 5.32 Å². The smallest absolute Gasteiger partial charge is 0.0494 e. The highest BCUT2D eigenvalue weighted by atomic mass is 16.3. The van der Waals surface area contributed by atoms with Crippen LogP contribution in [0, 0.1) is 5.41 Å². The zero-order valence-corrected chi connectivity index (χ0v) is 10.5. The number of hydrogen-bond acceptors (Lipinski definition) is 2. The van der Waals surface area contributed by atoms with Crippen LogP contribution in [0.2, 0.25) is 0 Å². The van der Waals surface area contributed by atoms with Gasteiger partial charge in [-0.2, -0.15) is 0 Å². The molecule has 0 aliphatic rings. The Labute approximate surface area is 89.1 Å². The van der Waals surface area contributed by atoms with Crippen LogP contribution in [0.3, 0.4) is 0 Å². The van der Waals surface area contributed by atoms with Gasteiger partial charge in [0.25, 0.3) is 0 Å². The molecule has 0 heterocycles. The van der Waals surface area contributed by atoms with Crippen LogP contribution in [0.15, 0.2) is 0 Å². The van der Waals surface area contributed by atoms with Gasteiger partial charge in [-0.05, 0) is 19.3 Å². The van der Waals surface area contributed by atoms with Gasteiger partial charge in [0.15, 0.2) is 0 Å². The SMILES string of the molecule is CCC(CC)(CC)NCC(C)(C)CO. The lowest BCUT2D eigenvalue weighted by atomic mass is 9.87. The molecule has 0 aromatic heterocycles. The molecule has 2 nitrogen and oxygen atoms in total. The Hall–Kier alpha value is -0.0800. The van der Waals surface area contributed by atoms with Crippen molar-refractivity contribution in [3.63, 3.8) is 0 Å². The molecule has 0 aromatic rings. The maximum atomic E-state index is 9.17. The summed E-state index contributed by atoms with van der Waals surface area (Å²) in [7, 11) is 0. The summed E-state index contributed by atoms with van der Waals surface area (Å²) in [5, 5.41) is 12.8. The molecule has 0 unspecified atom stereocenters. The molecule has 0 aliphatic heterocycles. The van der Waals surface area contributed by atoms with Gasteiger partial charge in [-0.1, -0.05) is 34.6 Å². The van der Waals surface area contributed by atoms with Crippen molar-refractivity contribution in [3.05, 3.63) is 0 Å². The summed E-state index contributed by atoms with van der Waals surface area (Å²) in [5.41, 5.74) is 0.261. The second-order valence-electron chi connectivity index (χ2n) is 5.02. The number of hydrogen-bond donors (Lipinski definition) is 2. The molecular weight excluding hydrogens is 174 g/mol. The lowest BCUT2D eigenvalue weighted by Crippen LogP contribution is -2.48. The third-order valence-electron chi connectivity index (χ3n) is 3.40. The van der Waals surface area contributed by atoms with E-state index < -0.39 is 0 Å². The van der Waals surface area contributed by atoms with Gasteiger partial charge in [0, 0.05) is 24.1 Å². The lowest BCUT2D eigenvalue weighted by molar-refractivity contribution is 0.137. The predicted molar refractivity (Wildman–Crippen MR) is 62.5 cm³/mol. The fourth-order valence-corrected chi connectivity index (χ4v) is 1.61. The summed E-state index contributed by atoms with van der Waals surface area (Å²) in [4.78, 5) is 0. The third kappa shape index (κ3) is 3.97. The van der Waals surface area contributed by atoms with Crippen molar-refractivity contribution in [1.29, 1.82) is 0 Å². The summed E-state index contributed by atoms with van der Waals surface area (Å²) in [5.74, 6) is 0. The highest BCUT2D eigenvalue weighted by molar-refractivity contribution is 4.86. The van der Waals surface area contributed by atoms with Crippen LogP contribution in [-0.2, 0) is 0 Å². The standard InChI is InChI=1S/C12H27NO/c1-6-12(7-2,8-3)13-9-11(4,5)10-14/h13-14H,6-10H2,1-5H3. The van der Waals surface area contributed by atoms with Crippen LogP contribution in [0.5, 0.6) is 0 Å². The molecule has 0 atom stereocenters. The molecule has 14 heavy (non-hydrogen) atoms. The van der Waals surface area contributed by atoms with Gasteiger partial charge in [0.1, 0.15) is 0 Å². The van der Waals surface area contributed by atoms with Gasteiger partial charge >= 0.3 is 0 Å². The molecule has 0 radical (unpaired) electrons. The first-order chi connectivity index (χ1) is 6.45. The van der Waals surface area contributed by atoms with E-state index in [9.17, 15) is 0 Å². The quantitative estimate of drug-likeness (QED) is 0.663. The van der Waals surface area contributed by atoms with Crippen LogP contribution in [0.4, 0.5) is 0 Å². The Morgan fingerprint density at radius 2 is 1.43 bits per heavy atom. The number of aliphatic hydroxyl groups is 1. The van der Waals surface area contributed by atoms with Gasteiger partial charge in [-0.25, -0.2) is 0 Å². The summed E-state index contributed by atoms with van der Waals surface area (Å²) in [6.45, 7) is 12.0. The molecule has 2 heteroatoms. The minimum atomic E-state index is -0.00917. The van der Waals surface area contributed by atoms with E-state index in [1.165, 1.54) is 0 Å². The second kappa shape index (κ2) is 5.72. The molecule has 86 valence electrons. The Bertz CT molecular complexity index is 142. The Morgan fingerprint density at radius 3 is 1.71 bits per heavy atom. The van der Waals surface area contributed by atoms with Crippen molar-refractivity contribution in [2.45, 2.75) is 59.4 Å². The highest BCUT2D eigenvalue weighted by Gasteiger charge is 2.26. The van der Waals surface area contributed by atoms with E-state index in [4.69, 9.17) is 5.11 Å². The summed E-state index contributed by atoms with van der Waals surface area (Å²) in [6.07, 6.45) is 3.46. The maximum Gasteiger partial charge on any atom is 0.0494 e. The number of rotatable bonds is 7. The van der Waals surface area contributed by atoms with Gasteiger partial charge in [0.05, 0.1) is 0 Å². The van der Waals surface area contributed by atoms with Crippen molar-refractivity contribution < 1.29 is 5.11 Å². The molecule has 0 saturated heterocycles. The predicted octanol–water partition coefficient (Wildman–Crippen LogP) is 2.56. The summed E-state index contributed by atoms with van der Waals surface area (Å²) in [6, 6.07) is 0. The molecule has 0 fully saturated rings. The van der Waals surface area contributed by atoms with Gasteiger partial charge in [-0.15, -0.1) is 0 Å². The first-order valence-electron chi connectivity index (χ1n) is 5.81. The second-order valence-corrected chi connectivity index (χ2v) is 5.02. The number of nitrogens with one attached hydrogen (secondary N) is 1. The van der Waals surface area contributed by atoms with Crippen LogP contribution >= 0.6 is 0 Å². The first-order valence-corrected chi connectivity index (χ1v) is 5.81. The summed E-state index contributed by atoms with van der Waals surface area (Å²) < 4.78 is 0. The Balaban J connectivity index is 4.19. The van der Waals surface area contributed by atoms with Crippen molar-refractivity contribution in [3.8, 4) is 0 Å². The van der Waals surface area contributed by atoms with E-state index in [1.807, 2.05) is 0 Å². The average molecular weight is 201 g/mol. The van der Waals surface area contributed by atoms with E-state index in [0.717, 1.165) is 25.8 Å². The normalized spacial score (nSPS) is 13.3. The molecule has 0 aliphatic carbocycles. The van der Waals surface area contributed by atoms with Gasteiger partial charge in [0.2, 0.25) is 0 Å².